The molecule has 0 bridgehead atoms. The smallest absolute Gasteiger partial charge is 0.269 e. The van der Waals surface area contributed by atoms with Crippen molar-refractivity contribution in [3.63, 3.8) is 0 Å². The Balaban J connectivity index is 0.00000151. The number of piperidine rings is 1. The minimum Gasteiger partial charge on any atom is -0.357 e. The van der Waals surface area contributed by atoms with Gasteiger partial charge in [0.15, 0.2) is 0 Å². The molecular weight excluding hydrogens is 314 g/mol. The molecule has 1 heterocycles. The summed E-state index contributed by atoms with van der Waals surface area (Å²) in [6.45, 7) is 13.6. The van der Waals surface area contributed by atoms with Gasteiger partial charge in [-0.1, -0.05) is 34.6 Å². The molecule has 25 heavy (non-hydrogen) atoms. The first kappa shape index (κ1) is 21.1. The average Bonchev–Trinajstić information content (AvgIpc) is 2.59. The number of nitro groups is 1. The maximum absolute atomic E-state index is 10.9. The topological polar surface area (TPSA) is 58.7 Å². The van der Waals surface area contributed by atoms with E-state index in [0.29, 0.717) is 12.0 Å². The Labute approximate surface area is 152 Å². The number of hydrogen-bond donors (Lipinski definition) is 0. The van der Waals surface area contributed by atoms with Crippen molar-refractivity contribution in [1.82, 2.24) is 4.90 Å². The van der Waals surface area contributed by atoms with E-state index in [0.717, 1.165) is 42.9 Å². The summed E-state index contributed by atoms with van der Waals surface area (Å²) in [5, 5.41) is 10.9. The lowest BCUT2D eigenvalue weighted by atomic mass is 9.97. The summed E-state index contributed by atoms with van der Waals surface area (Å²) in [7, 11) is 0. The van der Waals surface area contributed by atoms with Crippen molar-refractivity contribution in [3.05, 3.63) is 33.9 Å². The summed E-state index contributed by atoms with van der Waals surface area (Å²) in [5.74, 6) is 1.72. The van der Waals surface area contributed by atoms with Crippen molar-refractivity contribution in [2.45, 2.75) is 73.3 Å². The van der Waals surface area contributed by atoms with Crippen molar-refractivity contribution in [3.8, 4) is 0 Å². The average molecular weight is 348 g/mol. The van der Waals surface area contributed by atoms with Crippen LogP contribution in [0.15, 0.2) is 23.2 Å². The van der Waals surface area contributed by atoms with E-state index in [2.05, 4.69) is 25.7 Å². The highest BCUT2D eigenvalue weighted by molar-refractivity contribution is 5.86. The van der Waals surface area contributed by atoms with Crippen LogP contribution in [-0.2, 0) is 0 Å². The van der Waals surface area contributed by atoms with Gasteiger partial charge in [-0.25, -0.2) is 4.99 Å². The lowest BCUT2D eigenvalue weighted by molar-refractivity contribution is -0.384. The van der Waals surface area contributed by atoms with Crippen molar-refractivity contribution < 1.29 is 4.92 Å². The van der Waals surface area contributed by atoms with Crippen molar-refractivity contribution in [2.75, 3.05) is 6.54 Å². The van der Waals surface area contributed by atoms with E-state index in [-0.39, 0.29) is 10.6 Å². The van der Waals surface area contributed by atoms with Crippen LogP contribution >= 0.6 is 0 Å². The van der Waals surface area contributed by atoms with Gasteiger partial charge in [0.25, 0.3) is 5.69 Å². The van der Waals surface area contributed by atoms with Crippen molar-refractivity contribution in [1.29, 1.82) is 0 Å². The molecular formula is C20H33N3O2. The van der Waals surface area contributed by atoms with Crippen LogP contribution in [0.1, 0.15) is 65.9 Å². The highest BCUT2D eigenvalue weighted by atomic mass is 16.6. The largest absolute Gasteiger partial charge is 0.357 e. The summed E-state index contributed by atoms with van der Waals surface area (Å²) in [5.41, 5.74) is 1.83. The van der Waals surface area contributed by atoms with Crippen molar-refractivity contribution >= 4 is 17.2 Å². The van der Waals surface area contributed by atoms with E-state index < -0.39 is 0 Å². The van der Waals surface area contributed by atoms with Gasteiger partial charge in [-0.15, -0.1) is 0 Å². The van der Waals surface area contributed by atoms with Crippen LogP contribution in [0.3, 0.4) is 0 Å². The molecule has 1 aromatic carbocycles. The first-order valence-corrected chi connectivity index (χ1v) is 9.51. The van der Waals surface area contributed by atoms with Gasteiger partial charge in [0.2, 0.25) is 0 Å². The maximum atomic E-state index is 10.9. The van der Waals surface area contributed by atoms with E-state index in [9.17, 15) is 10.1 Å². The van der Waals surface area contributed by atoms with E-state index in [1.54, 1.807) is 18.2 Å². The number of nitro benzene ring substituents is 1. The summed E-state index contributed by atoms with van der Waals surface area (Å²) >= 11 is 0. The number of aliphatic imine (C=N–C) groups is 1. The number of likely N-dealkylation sites (tertiary alicyclic amines) is 1. The van der Waals surface area contributed by atoms with Crippen LogP contribution in [0.5, 0.6) is 0 Å². The van der Waals surface area contributed by atoms with Crippen LogP contribution < -0.4 is 0 Å². The lowest BCUT2D eigenvalue weighted by Gasteiger charge is -2.39. The Bertz CT molecular complexity index is 597. The minimum absolute atomic E-state index is 0.126. The number of nitrogens with zero attached hydrogens (tertiary/aromatic N) is 3. The second kappa shape index (κ2) is 10.2. The Kier molecular flexibility index (Phi) is 8.59. The Morgan fingerprint density at radius 1 is 1.36 bits per heavy atom. The van der Waals surface area contributed by atoms with E-state index in [1.807, 2.05) is 20.8 Å². The van der Waals surface area contributed by atoms with Crippen LogP contribution in [0.25, 0.3) is 0 Å². The molecule has 0 amide bonds. The number of benzene rings is 1. The number of amidine groups is 1. The van der Waals surface area contributed by atoms with Gasteiger partial charge < -0.3 is 4.90 Å². The monoisotopic (exact) mass is 347 g/mol. The van der Waals surface area contributed by atoms with E-state index >= 15 is 0 Å². The molecule has 2 rings (SSSR count). The Morgan fingerprint density at radius 3 is 2.56 bits per heavy atom. The molecule has 1 aliphatic rings. The highest BCUT2D eigenvalue weighted by Gasteiger charge is 2.26. The fourth-order valence-electron chi connectivity index (χ4n) is 3.22. The van der Waals surface area contributed by atoms with Crippen LogP contribution in [0, 0.1) is 23.0 Å². The second-order valence-electron chi connectivity index (χ2n) is 6.76. The molecule has 0 N–H and O–H groups in total. The van der Waals surface area contributed by atoms with Gasteiger partial charge in [0.05, 0.1) is 10.6 Å². The predicted octanol–water partition coefficient (Wildman–Crippen LogP) is 5.88. The molecule has 1 saturated heterocycles. The fraction of sp³-hybridized carbons (Fsp3) is 0.650. The lowest BCUT2D eigenvalue weighted by Crippen LogP contribution is -2.45. The summed E-state index contributed by atoms with van der Waals surface area (Å²) < 4.78 is 0. The van der Waals surface area contributed by atoms with Crippen LogP contribution in [-0.4, -0.2) is 28.2 Å². The number of hydrogen-bond acceptors (Lipinski definition) is 3. The summed E-state index contributed by atoms with van der Waals surface area (Å²) in [6.07, 6.45) is 4.50. The SMILES string of the molecule is CC.CCC1CCCC(=Nc2ccc([N+](=O)[O-])cc2C)N1CC(C)C. The Morgan fingerprint density at radius 2 is 2.04 bits per heavy atom. The number of non-ortho nitro benzene ring substituents is 1. The van der Waals surface area contributed by atoms with Gasteiger partial charge in [0, 0.05) is 31.1 Å². The molecule has 1 fully saturated rings. The minimum atomic E-state index is -0.358. The van der Waals surface area contributed by atoms with Gasteiger partial charge in [-0.05, 0) is 43.7 Å². The molecule has 0 aromatic heterocycles. The normalized spacial score (nSPS) is 18.9. The summed E-state index contributed by atoms with van der Waals surface area (Å²) in [6, 6.07) is 5.47. The third-order valence-electron chi connectivity index (χ3n) is 4.38. The number of aryl methyl sites for hydroxylation is 1. The second-order valence-corrected chi connectivity index (χ2v) is 6.76. The van der Waals surface area contributed by atoms with Gasteiger partial charge in [-0.2, -0.15) is 0 Å². The third-order valence-corrected chi connectivity index (χ3v) is 4.38. The Hall–Kier alpha value is -1.91. The van der Waals surface area contributed by atoms with E-state index in [4.69, 9.17) is 4.99 Å². The molecule has 0 aliphatic carbocycles. The molecule has 1 atom stereocenters. The zero-order valence-corrected chi connectivity index (χ0v) is 16.6. The van der Waals surface area contributed by atoms with Crippen LogP contribution in [0.2, 0.25) is 0 Å². The van der Waals surface area contributed by atoms with Gasteiger partial charge in [0.1, 0.15) is 5.84 Å². The van der Waals surface area contributed by atoms with Gasteiger partial charge >= 0.3 is 0 Å². The van der Waals surface area contributed by atoms with E-state index in [1.165, 1.54) is 6.42 Å². The molecule has 1 aliphatic heterocycles. The fourth-order valence-corrected chi connectivity index (χ4v) is 3.22. The summed E-state index contributed by atoms with van der Waals surface area (Å²) in [4.78, 5) is 17.8. The molecule has 1 aromatic rings. The van der Waals surface area contributed by atoms with Crippen molar-refractivity contribution in [2.24, 2.45) is 10.9 Å². The maximum Gasteiger partial charge on any atom is 0.269 e. The molecule has 5 nitrogen and oxygen atoms in total. The predicted molar refractivity (Wildman–Crippen MR) is 106 cm³/mol. The first-order valence-electron chi connectivity index (χ1n) is 9.51. The highest BCUT2D eigenvalue weighted by Crippen LogP contribution is 2.28. The standard InChI is InChI=1S/C18H27N3O2.C2H6/c1-5-15-7-6-8-18(20(15)12-13(2)3)19-17-10-9-16(21(22)23)11-14(17)4;1-2/h9-11,13,15H,5-8,12H2,1-4H3;1-2H3. The quantitative estimate of drug-likeness (QED) is 0.493. The van der Waals surface area contributed by atoms with Gasteiger partial charge in [-0.3, -0.25) is 10.1 Å². The molecule has 140 valence electrons. The molecule has 0 spiro atoms. The molecule has 0 radical (unpaired) electrons. The zero-order chi connectivity index (χ0) is 19.0. The zero-order valence-electron chi connectivity index (χ0n) is 16.6. The molecule has 1 unspecified atom stereocenters. The first-order chi connectivity index (χ1) is 11.9. The molecule has 0 saturated carbocycles. The number of rotatable bonds is 5. The third kappa shape index (κ3) is 5.83. The molecule has 5 heteroatoms. The van der Waals surface area contributed by atoms with Crippen LogP contribution in [0.4, 0.5) is 11.4 Å².